The highest BCUT2D eigenvalue weighted by Gasteiger charge is 2.11. The summed E-state index contributed by atoms with van der Waals surface area (Å²) >= 11 is 2.74. The van der Waals surface area contributed by atoms with E-state index in [2.05, 4.69) is 15.9 Å². The third-order valence-electron chi connectivity index (χ3n) is 1.72. The predicted molar refractivity (Wildman–Crippen MR) is 50.0 cm³/mol. The van der Waals surface area contributed by atoms with E-state index >= 15 is 0 Å². The molecule has 1 rings (SSSR count). The Bertz CT molecular complexity index is 366. The highest BCUT2D eigenvalue weighted by atomic mass is 79.9. The maximum absolute atomic E-state index is 13.2. The van der Waals surface area contributed by atoms with Gasteiger partial charge in [-0.15, -0.1) is 0 Å². The molecule has 0 aliphatic rings. The molecule has 0 unspecified atom stereocenters. The Hall–Kier alpha value is -0.970. The average Bonchev–Trinajstić information content (AvgIpc) is 2.13. The van der Waals surface area contributed by atoms with Crippen molar-refractivity contribution in [1.29, 1.82) is 0 Å². The fourth-order valence-corrected chi connectivity index (χ4v) is 1.39. The standard InChI is InChI=1S/C9H7BrF2O2/c10-8-6(11)3-1-5(9(8)12)2-4-7(13)14/h1,3H,2,4H2,(H,13,14). The quantitative estimate of drug-likeness (QED) is 0.853. The topological polar surface area (TPSA) is 37.3 Å². The van der Waals surface area contributed by atoms with Crippen LogP contribution in [0.1, 0.15) is 12.0 Å². The molecule has 0 fully saturated rings. The SMILES string of the molecule is O=C(O)CCc1ccc(F)c(Br)c1F. The summed E-state index contributed by atoms with van der Waals surface area (Å²) in [6.07, 6.45) is -0.116. The lowest BCUT2D eigenvalue weighted by Crippen LogP contribution is -2.00. The number of rotatable bonds is 3. The Kier molecular flexibility index (Phi) is 3.57. The Balaban J connectivity index is 2.88. The summed E-state index contributed by atoms with van der Waals surface area (Å²) in [5.41, 5.74) is 0.195. The molecule has 14 heavy (non-hydrogen) atoms. The number of carbonyl (C=O) groups is 1. The monoisotopic (exact) mass is 264 g/mol. The van der Waals surface area contributed by atoms with Crippen LogP contribution in [0.3, 0.4) is 0 Å². The summed E-state index contributed by atoms with van der Waals surface area (Å²) < 4.78 is 25.7. The lowest BCUT2D eigenvalue weighted by molar-refractivity contribution is -0.136. The maximum atomic E-state index is 13.2. The summed E-state index contributed by atoms with van der Waals surface area (Å²) in [4.78, 5) is 10.2. The molecule has 0 bridgehead atoms. The van der Waals surface area contributed by atoms with Crippen LogP contribution in [-0.2, 0) is 11.2 Å². The third-order valence-corrected chi connectivity index (χ3v) is 2.45. The van der Waals surface area contributed by atoms with E-state index in [1.165, 1.54) is 6.07 Å². The highest BCUT2D eigenvalue weighted by molar-refractivity contribution is 9.10. The normalized spacial score (nSPS) is 10.2. The molecule has 0 saturated heterocycles. The number of benzene rings is 1. The van der Waals surface area contributed by atoms with Crippen molar-refractivity contribution in [3.63, 3.8) is 0 Å². The van der Waals surface area contributed by atoms with Gasteiger partial charge in [0.05, 0.1) is 4.47 Å². The lowest BCUT2D eigenvalue weighted by Gasteiger charge is -2.03. The second-order valence-corrected chi connectivity index (χ2v) is 3.52. The van der Waals surface area contributed by atoms with Crippen LogP contribution >= 0.6 is 15.9 Å². The van der Waals surface area contributed by atoms with Crippen LogP contribution in [0.2, 0.25) is 0 Å². The van der Waals surface area contributed by atoms with Crippen LogP contribution in [0, 0.1) is 11.6 Å². The van der Waals surface area contributed by atoms with Gasteiger partial charge in [-0.05, 0) is 34.0 Å². The molecule has 0 radical (unpaired) electrons. The average molecular weight is 265 g/mol. The fraction of sp³-hybridized carbons (Fsp3) is 0.222. The number of halogens is 3. The van der Waals surface area contributed by atoms with Gasteiger partial charge in [0.25, 0.3) is 0 Å². The summed E-state index contributed by atoms with van der Waals surface area (Å²) in [7, 11) is 0. The molecule has 0 heterocycles. The van der Waals surface area contributed by atoms with Crippen LogP contribution in [0.4, 0.5) is 8.78 Å². The largest absolute Gasteiger partial charge is 0.481 e. The Morgan fingerprint density at radius 2 is 2.07 bits per heavy atom. The smallest absolute Gasteiger partial charge is 0.303 e. The molecule has 0 spiro atoms. The van der Waals surface area contributed by atoms with Gasteiger partial charge in [-0.25, -0.2) is 8.78 Å². The van der Waals surface area contributed by atoms with Crippen molar-refractivity contribution < 1.29 is 18.7 Å². The zero-order chi connectivity index (χ0) is 10.7. The Labute approximate surface area is 87.7 Å². The maximum Gasteiger partial charge on any atom is 0.303 e. The molecule has 1 aromatic rings. The van der Waals surface area contributed by atoms with Gasteiger partial charge >= 0.3 is 5.97 Å². The van der Waals surface area contributed by atoms with Crippen LogP contribution in [0.25, 0.3) is 0 Å². The van der Waals surface area contributed by atoms with Crippen LogP contribution in [0.5, 0.6) is 0 Å². The summed E-state index contributed by atoms with van der Waals surface area (Å²) in [6.45, 7) is 0. The van der Waals surface area contributed by atoms with Crippen LogP contribution in [-0.4, -0.2) is 11.1 Å². The van der Waals surface area contributed by atoms with E-state index in [9.17, 15) is 13.6 Å². The molecule has 0 saturated carbocycles. The van der Waals surface area contributed by atoms with Gasteiger partial charge in [-0.2, -0.15) is 0 Å². The molecule has 76 valence electrons. The first-order valence-electron chi connectivity index (χ1n) is 3.86. The lowest BCUT2D eigenvalue weighted by atomic mass is 10.1. The number of hydrogen-bond acceptors (Lipinski definition) is 1. The molecular formula is C9H7BrF2O2. The summed E-state index contributed by atoms with van der Waals surface area (Å²) in [6, 6.07) is 2.35. The van der Waals surface area contributed by atoms with Crippen molar-refractivity contribution >= 4 is 21.9 Å². The van der Waals surface area contributed by atoms with Crippen molar-refractivity contribution in [3.8, 4) is 0 Å². The van der Waals surface area contributed by atoms with Crippen molar-refractivity contribution in [2.24, 2.45) is 0 Å². The van der Waals surface area contributed by atoms with Crippen molar-refractivity contribution in [1.82, 2.24) is 0 Å². The second-order valence-electron chi connectivity index (χ2n) is 2.73. The fourth-order valence-electron chi connectivity index (χ4n) is 1.00. The molecule has 0 aliphatic carbocycles. The number of hydrogen-bond donors (Lipinski definition) is 1. The summed E-state index contributed by atoms with van der Waals surface area (Å²) in [5, 5.41) is 8.38. The van der Waals surface area contributed by atoms with Gasteiger partial charge in [0, 0.05) is 6.42 Å². The van der Waals surface area contributed by atoms with Gasteiger partial charge in [0.1, 0.15) is 11.6 Å². The molecular weight excluding hydrogens is 258 g/mol. The van der Waals surface area contributed by atoms with Crippen LogP contribution in [0.15, 0.2) is 16.6 Å². The number of aliphatic carboxylic acids is 1. The van der Waals surface area contributed by atoms with E-state index in [0.29, 0.717) is 0 Å². The van der Waals surface area contributed by atoms with E-state index in [-0.39, 0.29) is 22.9 Å². The van der Waals surface area contributed by atoms with E-state index in [4.69, 9.17) is 5.11 Å². The van der Waals surface area contributed by atoms with Gasteiger partial charge in [-0.3, -0.25) is 4.79 Å². The third kappa shape index (κ3) is 2.51. The summed E-state index contributed by atoms with van der Waals surface area (Å²) in [5.74, 6) is -2.43. The van der Waals surface area contributed by atoms with Crippen LogP contribution < -0.4 is 0 Å². The Morgan fingerprint density at radius 1 is 1.43 bits per heavy atom. The molecule has 1 N–H and O–H groups in total. The molecule has 2 nitrogen and oxygen atoms in total. The minimum Gasteiger partial charge on any atom is -0.481 e. The zero-order valence-corrected chi connectivity index (χ0v) is 8.64. The highest BCUT2D eigenvalue weighted by Crippen LogP contribution is 2.23. The van der Waals surface area contributed by atoms with Gasteiger partial charge in [0.15, 0.2) is 0 Å². The first-order valence-corrected chi connectivity index (χ1v) is 4.66. The Morgan fingerprint density at radius 3 is 2.64 bits per heavy atom. The predicted octanol–water partition coefficient (Wildman–Crippen LogP) is 2.74. The van der Waals surface area contributed by atoms with Crippen molar-refractivity contribution in [2.75, 3.05) is 0 Å². The molecule has 0 aliphatic heterocycles. The zero-order valence-electron chi connectivity index (χ0n) is 7.06. The number of aryl methyl sites for hydroxylation is 1. The molecule has 1 aromatic carbocycles. The van der Waals surface area contributed by atoms with Crippen molar-refractivity contribution in [2.45, 2.75) is 12.8 Å². The molecule has 0 amide bonds. The number of carboxylic acid groups (broad SMARTS) is 1. The minimum atomic E-state index is -1.01. The minimum absolute atomic E-state index is 0.0556. The van der Waals surface area contributed by atoms with E-state index in [1.807, 2.05) is 0 Å². The number of carboxylic acids is 1. The first-order chi connectivity index (χ1) is 6.52. The second kappa shape index (κ2) is 4.50. The van der Waals surface area contributed by atoms with Gasteiger partial charge < -0.3 is 5.11 Å². The van der Waals surface area contributed by atoms with Crippen molar-refractivity contribution in [3.05, 3.63) is 33.8 Å². The van der Waals surface area contributed by atoms with E-state index in [0.717, 1.165) is 6.07 Å². The first kappa shape index (κ1) is 11.1. The van der Waals surface area contributed by atoms with E-state index in [1.54, 1.807) is 0 Å². The van der Waals surface area contributed by atoms with Gasteiger partial charge in [-0.1, -0.05) is 6.07 Å². The van der Waals surface area contributed by atoms with Gasteiger partial charge in [0.2, 0.25) is 0 Å². The molecule has 5 heteroatoms. The molecule has 0 aromatic heterocycles. The van der Waals surface area contributed by atoms with E-state index < -0.39 is 17.6 Å². The molecule has 0 atom stereocenters.